The molecule has 2 heterocycles. The third-order valence-electron chi connectivity index (χ3n) is 6.06. The zero-order chi connectivity index (χ0) is 33.8. The van der Waals surface area contributed by atoms with Crippen molar-refractivity contribution in [2.24, 2.45) is 11.5 Å². The van der Waals surface area contributed by atoms with E-state index in [1.807, 2.05) is 0 Å². The van der Waals surface area contributed by atoms with Gasteiger partial charge >= 0.3 is 11.9 Å². The number of carboxylic acid groups (broad SMARTS) is 1. The maximum Gasteiger partial charge on any atom is 0.516 e. The molecule has 20 heteroatoms. The van der Waals surface area contributed by atoms with E-state index in [4.69, 9.17) is 21.7 Å². The maximum atomic E-state index is 11.1. The summed E-state index contributed by atoms with van der Waals surface area (Å²) in [6.45, 7) is 0. The lowest BCUT2D eigenvalue weighted by Gasteiger charge is -2.26. The Kier molecular flexibility index (Phi) is 23.8. The second-order valence-corrected chi connectivity index (χ2v) is 9.58. The van der Waals surface area contributed by atoms with Crippen molar-refractivity contribution in [3.8, 4) is 0 Å². The number of likely N-dealkylation sites (N-methyl/N-ethyl adjacent to an activating group) is 4. The van der Waals surface area contributed by atoms with Gasteiger partial charge in [0.05, 0.1) is 11.9 Å². The van der Waals surface area contributed by atoms with Crippen molar-refractivity contribution in [1.82, 2.24) is 26.6 Å². The fourth-order valence-corrected chi connectivity index (χ4v) is 3.50. The van der Waals surface area contributed by atoms with Crippen LogP contribution in [0.5, 0.6) is 0 Å². The van der Waals surface area contributed by atoms with Crippen LogP contribution in [0.4, 0.5) is 0 Å². The van der Waals surface area contributed by atoms with Crippen LogP contribution in [0.1, 0.15) is 51.4 Å². The Hall–Kier alpha value is -3.95. The van der Waals surface area contributed by atoms with Crippen molar-refractivity contribution in [2.45, 2.75) is 81.4 Å². The average Bonchev–Trinajstić information content (AvgIpc) is 3.58. The first-order valence-corrected chi connectivity index (χ1v) is 13.5. The van der Waals surface area contributed by atoms with Crippen LogP contribution >= 0.6 is 0 Å². The molecule has 0 aromatic heterocycles. The Morgan fingerprint density at radius 3 is 1.93 bits per heavy atom. The van der Waals surface area contributed by atoms with Gasteiger partial charge in [-0.3, -0.25) is 34.5 Å². The lowest BCUT2D eigenvalue weighted by Crippen LogP contribution is -3.05. The van der Waals surface area contributed by atoms with Gasteiger partial charge in [-0.1, -0.05) is 0 Å². The smallest absolute Gasteiger partial charge is 0.516 e. The summed E-state index contributed by atoms with van der Waals surface area (Å²) < 4.78 is 0. The van der Waals surface area contributed by atoms with E-state index in [-0.39, 0.29) is 66.4 Å². The van der Waals surface area contributed by atoms with E-state index in [0.29, 0.717) is 32.1 Å². The van der Waals surface area contributed by atoms with E-state index < -0.39 is 29.9 Å². The van der Waals surface area contributed by atoms with E-state index in [9.17, 15) is 38.7 Å². The van der Waals surface area contributed by atoms with Crippen LogP contribution in [-0.4, -0.2) is 115 Å². The van der Waals surface area contributed by atoms with Gasteiger partial charge in [0.2, 0.25) is 17.7 Å². The molecular weight excluding hydrogens is 590 g/mol. The highest BCUT2D eigenvalue weighted by atomic mass is 16.4. The standard InChI is InChI=1S/C6H12N3O2.2C6H12N2O3.C6H10N2O2.H2O/c1-8-5(10)4-2-3-6(7,11)9-4;2*1-8-6(11)4(7)2-3-5(9)10;1-7-6(10)4-2-3-5(9)8-4;/h4,9H,2-3,7H2,1H3,(H,8,10);2*4H,2-3,7H2,1H3,(H,8,11)(H,9,10);4H,2-3H2,1H3,(H,7,10)(H,8,9);1H2/q-1;;;;/p+3. The van der Waals surface area contributed by atoms with Crippen LogP contribution in [-0.2, 0) is 33.6 Å². The molecule has 5 unspecified atom stereocenters. The first-order valence-electron chi connectivity index (χ1n) is 13.5. The lowest BCUT2D eigenvalue weighted by atomic mass is 10.1. The highest BCUT2D eigenvalue weighted by Crippen LogP contribution is 2.06. The number of quaternary nitrogens is 2. The van der Waals surface area contributed by atoms with Gasteiger partial charge in [0.15, 0.2) is 12.1 Å². The molecule has 5 amide bonds. The van der Waals surface area contributed by atoms with Gasteiger partial charge < -0.3 is 64.2 Å². The summed E-state index contributed by atoms with van der Waals surface area (Å²) in [4.78, 5) is 74.0. The van der Waals surface area contributed by atoms with Crippen molar-refractivity contribution in [3.63, 3.8) is 0 Å². The minimum absolute atomic E-state index is 0. The molecule has 2 fully saturated rings. The van der Waals surface area contributed by atoms with Gasteiger partial charge in [-0.05, 0) is 12.8 Å². The first-order chi connectivity index (χ1) is 19.9. The SMILES string of the molecule is CNC(=O)C(N)CCC(=O)O.CNC(=O)C([NH3+])CCC(=O)[OH2+].CNC(=O)C1CCC(=O)N1.CNC(=O)C1CCC(N)([O-])[NH2+]1.O. The molecule has 0 bridgehead atoms. The van der Waals surface area contributed by atoms with Crippen LogP contribution in [0, 0.1) is 0 Å². The number of carbonyl (C=O) groups is 7. The van der Waals surface area contributed by atoms with Gasteiger partial charge in [0.1, 0.15) is 12.5 Å². The van der Waals surface area contributed by atoms with Crippen molar-refractivity contribution in [3.05, 3.63) is 0 Å². The Bertz CT molecular complexity index is 915. The third-order valence-corrected chi connectivity index (χ3v) is 6.06. The maximum absolute atomic E-state index is 11.1. The van der Waals surface area contributed by atoms with Crippen LogP contribution in [0.3, 0.4) is 0 Å². The Labute approximate surface area is 254 Å². The number of carboxylic acids is 1. The highest BCUT2D eigenvalue weighted by Gasteiger charge is 2.34. The minimum Gasteiger partial charge on any atom is -0.791 e. The zero-order valence-electron chi connectivity index (χ0n) is 25.6. The number of amides is 5. The minimum atomic E-state index is -1.49. The molecule has 44 heavy (non-hydrogen) atoms. The molecular formula is C24H51N9O11+2. The molecule has 0 saturated carbocycles. The molecule has 20 nitrogen and oxygen atoms in total. The number of carbonyl (C=O) groups excluding carboxylic acids is 6. The fraction of sp³-hybridized carbons (Fsp3) is 0.708. The summed E-state index contributed by atoms with van der Waals surface area (Å²) >= 11 is 0. The summed E-state index contributed by atoms with van der Waals surface area (Å²) in [6, 6.07) is -1.72. The molecule has 2 saturated heterocycles. The predicted octanol–water partition coefficient (Wildman–Crippen LogP) is -9.08. The first kappa shape index (κ1) is 44.5. The molecule has 19 N–H and O–H groups in total. The van der Waals surface area contributed by atoms with Crippen molar-refractivity contribution in [1.29, 1.82) is 0 Å². The monoisotopic (exact) mass is 641 g/mol. The van der Waals surface area contributed by atoms with Crippen LogP contribution in [0.2, 0.25) is 0 Å². The second-order valence-electron chi connectivity index (χ2n) is 9.58. The van der Waals surface area contributed by atoms with E-state index in [1.165, 1.54) is 19.4 Å². The molecule has 2 aliphatic heterocycles. The Morgan fingerprint density at radius 1 is 1.02 bits per heavy atom. The molecule has 2 aliphatic rings. The number of nitrogens with two attached hydrogens (primary N) is 3. The number of hydrogen-bond donors (Lipinski definition) is 10. The predicted molar refractivity (Wildman–Crippen MR) is 152 cm³/mol. The number of hydrogen-bond acceptors (Lipinski definition) is 10. The van der Waals surface area contributed by atoms with Crippen molar-refractivity contribution in [2.75, 3.05) is 28.2 Å². The summed E-state index contributed by atoms with van der Waals surface area (Å²) in [5.41, 5.74) is 14.1. The molecule has 0 aliphatic carbocycles. The van der Waals surface area contributed by atoms with E-state index in [0.717, 1.165) is 0 Å². The topological polar surface area (TPSA) is 374 Å². The quantitative estimate of drug-likeness (QED) is 0.0788. The van der Waals surface area contributed by atoms with Gasteiger partial charge in [-0.2, -0.15) is 0 Å². The Balaban J connectivity index is -0.000000506. The molecule has 0 spiro atoms. The summed E-state index contributed by atoms with van der Waals surface area (Å²) in [6.07, 6.45) is 2.56. The van der Waals surface area contributed by atoms with Crippen LogP contribution < -0.4 is 54.2 Å². The lowest BCUT2D eigenvalue weighted by molar-refractivity contribution is -0.855. The van der Waals surface area contributed by atoms with Crippen LogP contribution in [0.25, 0.3) is 0 Å². The normalized spacial score (nSPS) is 20.9. The summed E-state index contributed by atoms with van der Waals surface area (Å²) in [5.74, 6) is -3.85. The number of nitrogens with one attached hydrogen (secondary N) is 5. The van der Waals surface area contributed by atoms with Gasteiger partial charge in [0, 0.05) is 65.1 Å². The van der Waals surface area contributed by atoms with Gasteiger partial charge in [0.25, 0.3) is 11.8 Å². The largest absolute Gasteiger partial charge is 0.791 e. The van der Waals surface area contributed by atoms with Crippen molar-refractivity contribution >= 4 is 41.5 Å². The van der Waals surface area contributed by atoms with Gasteiger partial charge in [-0.15, -0.1) is 0 Å². The molecule has 0 aromatic rings. The van der Waals surface area contributed by atoms with E-state index in [2.05, 4.69) is 32.3 Å². The second kappa shape index (κ2) is 23.5. The fourth-order valence-electron chi connectivity index (χ4n) is 3.50. The van der Waals surface area contributed by atoms with Crippen molar-refractivity contribution < 1.29 is 65.4 Å². The number of aliphatic carboxylic acids is 1. The van der Waals surface area contributed by atoms with E-state index in [1.54, 1.807) is 14.1 Å². The molecule has 0 radical (unpaired) electrons. The van der Waals surface area contributed by atoms with E-state index >= 15 is 0 Å². The molecule has 0 aromatic carbocycles. The third kappa shape index (κ3) is 20.9. The Morgan fingerprint density at radius 2 is 1.57 bits per heavy atom. The summed E-state index contributed by atoms with van der Waals surface area (Å²) in [5, 5.41) is 39.5. The zero-order valence-corrected chi connectivity index (χ0v) is 25.6. The summed E-state index contributed by atoms with van der Waals surface area (Å²) in [7, 11) is 6.09. The molecule has 5 atom stereocenters. The molecule has 256 valence electrons. The van der Waals surface area contributed by atoms with Crippen LogP contribution in [0.15, 0.2) is 0 Å². The highest BCUT2D eigenvalue weighted by molar-refractivity contribution is 5.90. The number of rotatable bonds is 10. The molecule has 2 rings (SSSR count). The average molecular weight is 642 g/mol. The van der Waals surface area contributed by atoms with Gasteiger partial charge in [-0.25, -0.2) is 0 Å².